The highest BCUT2D eigenvalue weighted by Gasteiger charge is 2.48. The van der Waals surface area contributed by atoms with Crippen LogP contribution in [0.4, 0.5) is 0 Å². The molecule has 2 aliphatic rings. The number of esters is 1. The van der Waals surface area contributed by atoms with Gasteiger partial charge in [-0.2, -0.15) is 0 Å². The van der Waals surface area contributed by atoms with Gasteiger partial charge in [0.25, 0.3) is 0 Å². The second-order valence-corrected chi connectivity index (χ2v) is 4.59. The van der Waals surface area contributed by atoms with E-state index in [9.17, 15) is 9.90 Å². The molecule has 2 saturated heterocycles. The Hall–Kier alpha value is -1.11. The molecule has 2 heterocycles. The predicted molar refractivity (Wildman–Crippen MR) is 57.9 cm³/mol. The van der Waals surface area contributed by atoms with Crippen molar-refractivity contribution >= 4 is 5.97 Å². The average Bonchev–Trinajstić information content (AvgIpc) is 2.59. The largest absolute Gasteiger partial charge is 0.466 e. The smallest absolute Gasteiger partial charge is 0.332 e. The summed E-state index contributed by atoms with van der Waals surface area (Å²) in [6, 6.07) is 0. The van der Waals surface area contributed by atoms with Crippen molar-refractivity contribution in [3.8, 4) is 0 Å². The van der Waals surface area contributed by atoms with Gasteiger partial charge in [0.1, 0.15) is 18.3 Å². The molecular formula is C11H17NO5. The lowest BCUT2D eigenvalue weighted by molar-refractivity contribution is -0.151. The van der Waals surface area contributed by atoms with Crippen LogP contribution in [0.15, 0.2) is 11.8 Å². The molecule has 0 aromatic heterocycles. The molecule has 3 atom stereocenters. The molecule has 0 aromatic rings. The van der Waals surface area contributed by atoms with Crippen molar-refractivity contribution in [2.45, 2.75) is 37.9 Å². The summed E-state index contributed by atoms with van der Waals surface area (Å²) < 4.78 is 15.8. The second-order valence-electron chi connectivity index (χ2n) is 4.59. The number of piperidine rings is 1. The van der Waals surface area contributed by atoms with Crippen LogP contribution in [0.5, 0.6) is 0 Å². The van der Waals surface area contributed by atoms with Crippen LogP contribution in [0.25, 0.3) is 0 Å². The SMILES string of the molecule is COC(=O)/C=C1\NC[C@@H](O)[C@H]2OC(C)(C)O[C@@H]12. The molecule has 0 spiro atoms. The first kappa shape index (κ1) is 12.3. The van der Waals surface area contributed by atoms with Crippen molar-refractivity contribution in [2.75, 3.05) is 13.7 Å². The Morgan fingerprint density at radius 2 is 2.29 bits per heavy atom. The Bertz CT molecular complexity index is 352. The van der Waals surface area contributed by atoms with Crippen LogP contribution in [-0.4, -0.2) is 48.8 Å². The van der Waals surface area contributed by atoms with Crippen LogP contribution in [0.3, 0.4) is 0 Å². The summed E-state index contributed by atoms with van der Waals surface area (Å²) in [5.74, 6) is -1.23. The number of carbonyl (C=O) groups is 1. The zero-order valence-corrected chi connectivity index (χ0v) is 10.1. The van der Waals surface area contributed by atoms with Crippen molar-refractivity contribution in [2.24, 2.45) is 0 Å². The monoisotopic (exact) mass is 243 g/mol. The first-order valence-corrected chi connectivity index (χ1v) is 5.50. The number of methoxy groups -OCH3 is 1. The summed E-state index contributed by atoms with van der Waals surface area (Å²) in [7, 11) is 1.31. The van der Waals surface area contributed by atoms with E-state index in [4.69, 9.17) is 9.47 Å². The molecule has 96 valence electrons. The molecule has 2 fully saturated rings. The quantitative estimate of drug-likeness (QED) is 0.479. The van der Waals surface area contributed by atoms with Gasteiger partial charge in [0.15, 0.2) is 5.79 Å². The van der Waals surface area contributed by atoms with Crippen molar-refractivity contribution in [1.29, 1.82) is 0 Å². The maximum Gasteiger partial charge on any atom is 0.332 e. The van der Waals surface area contributed by atoms with E-state index in [0.29, 0.717) is 12.2 Å². The lowest BCUT2D eigenvalue weighted by atomic mass is 10.0. The Kier molecular flexibility index (Phi) is 3.11. The number of β-amino-alcohol motifs (C(OH)–C–C–N with tert-alkyl or cyclic N) is 1. The van der Waals surface area contributed by atoms with Crippen LogP contribution in [0, 0.1) is 0 Å². The highest BCUT2D eigenvalue weighted by molar-refractivity contribution is 5.82. The van der Waals surface area contributed by atoms with E-state index in [1.807, 2.05) is 0 Å². The van der Waals surface area contributed by atoms with Gasteiger partial charge in [0.05, 0.1) is 12.8 Å². The molecule has 0 radical (unpaired) electrons. The first-order valence-electron chi connectivity index (χ1n) is 5.50. The number of carbonyl (C=O) groups excluding carboxylic acids is 1. The number of aliphatic hydroxyl groups is 1. The number of ether oxygens (including phenoxy) is 3. The van der Waals surface area contributed by atoms with Crippen molar-refractivity contribution in [3.05, 3.63) is 11.8 Å². The van der Waals surface area contributed by atoms with Gasteiger partial charge < -0.3 is 24.6 Å². The molecule has 0 amide bonds. The van der Waals surface area contributed by atoms with Crippen molar-refractivity contribution in [3.63, 3.8) is 0 Å². The molecule has 0 aromatic carbocycles. The van der Waals surface area contributed by atoms with E-state index in [1.165, 1.54) is 13.2 Å². The lowest BCUT2D eigenvalue weighted by Gasteiger charge is -2.30. The number of nitrogens with one attached hydrogen (secondary N) is 1. The number of hydrogen-bond donors (Lipinski definition) is 2. The molecule has 2 aliphatic heterocycles. The third kappa shape index (κ3) is 2.43. The fourth-order valence-electron chi connectivity index (χ4n) is 2.07. The van der Waals surface area contributed by atoms with Gasteiger partial charge in [-0.25, -0.2) is 4.79 Å². The fraction of sp³-hybridized carbons (Fsp3) is 0.727. The summed E-state index contributed by atoms with van der Waals surface area (Å²) in [6.07, 6.45) is -0.250. The maximum absolute atomic E-state index is 11.2. The zero-order valence-electron chi connectivity index (χ0n) is 10.1. The Labute approximate surface area is 99.5 Å². The maximum atomic E-state index is 11.2. The molecule has 17 heavy (non-hydrogen) atoms. The summed E-state index contributed by atoms with van der Waals surface area (Å²) in [6.45, 7) is 3.87. The summed E-state index contributed by atoms with van der Waals surface area (Å²) in [4.78, 5) is 11.2. The van der Waals surface area contributed by atoms with E-state index >= 15 is 0 Å². The van der Waals surface area contributed by atoms with Crippen molar-refractivity contribution in [1.82, 2.24) is 5.32 Å². The van der Waals surface area contributed by atoms with E-state index in [2.05, 4.69) is 10.1 Å². The Balaban J connectivity index is 2.21. The minimum atomic E-state index is -0.766. The number of fused-ring (bicyclic) bond motifs is 1. The first-order chi connectivity index (χ1) is 7.93. The number of hydrogen-bond acceptors (Lipinski definition) is 6. The fourth-order valence-corrected chi connectivity index (χ4v) is 2.07. The number of rotatable bonds is 1. The standard InChI is InChI=1S/C11H17NO5/c1-11(2)16-9-6(4-8(14)15-3)12-5-7(13)10(9)17-11/h4,7,9-10,12-13H,5H2,1-3H3/b6-4-/t7-,9+,10-/m1/s1. The normalized spacial score (nSPS) is 37.4. The highest BCUT2D eigenvalue weighted by Crippen LogP contribution is 2.34. The molecule has 6 nitrogen and oxygen atoms in total. The van der Waals surface area contributed by atoms with Gasteiger partial charge in [-0.05, 0) is 13.8 Å². The number of aliphatic hydroxyl groups excluding tert-OH is 1. The van der Waals surface area contributed by atoms with E-state index in [0.717, 1.165) is 0 Å². The van der Waals surface area contributed by atoms with E-state index in [1.54, 1.807) is 13.8 Å². The minimum Gasteiger partial charge on any atom is -0.466 e. The summed E-state index contributed by atoms with van der Waals surface area (Å²) >= 11 is 0. The molecule has 2 N–H and O–H groups in total. The van der Waals surface area contributed by atoms with Gasteiger partial charge in [0.2, 0.25) is 0 Å². The topological polar surface area (TPSA) is 77.0 Å². The molecule has 0 saturated carbocycles. The van der Waals surface area contributed by atoms with Gasteiger partial charge in [-0.1, -0.05) is 0 Å². The summed E-state index contributed by atoms with van der Waals surface area (Å²) in [5.41, 5.74) is 0.581. The average molecular weight is 243 g/mol. The van der Waals surface area contributed by atoms with Gasteiger partial charge >= 0.3 is 5.97 Å². The van der Waals surface area contributed by atoms with E-state index < -0.39 is 30.1 Å². The molecule has 6 heteroatoms. The zero-order chi connectivity index (χ0) is 12.6. The van der Waals surface area contributed by atoms with Gasteiger partial charge in [0, 0.05) is 12.6 Å². The van der Waals surface area contributed by atoms with Gasteiger partial charge in [-0.3, -0.25) is 0 Å². The molecule has 0 bridgehead atoms. The predicted octanol–water partition coefficient (Wildman–Crippen LogP) is -0.472. The van der Waals surface area contributed by atoms with Crippen LogP contribution in [0.2, 0.25) is 0 Å². The van der Waals surface area contributed by atoms with Crippen LogP contribution in [-0.2, 0) is 19.0 Å². The minimum absolute atomic E-state index is 0.323. The third-order valence-electron chi connectivity index (χ3n) is 2.80. The van der Waals surface area contributed by atoms with Crippen LogP contribution < -0.4 is 5.32 Å². The molecule has 2 rings (SSSR count). The molecular weight excluding hydrogens is 226 g/mol. The Morgan fingerprint density at radius 3 is 2.94 bits per heavy atom. The van der Waals surface area contributed by atoms with E-state index in [-0.39, 0.29) is 0 Å². The summed E-state index contributed by atoms with van der Waals surface area (Å²) in [5, 5.41) is 12.8. The van der Waals surface area contributed by atoms with Gasteiger partial charge in [-0.15, -0.1) is 0 Å². The molecule has 0 aliphatic carbocycles. The van der Waals surface area contributed by atoms with Crippen LogP contribution in [0.1, 0.15) is 13.8 Å². The molecule has 0 unspecified atom stereocenters. The Morgan fingerprint density at radius 1 is 1.59 bits per heavy atom. The van der Waals surface area contributed by atoms with Crippen molar-refractivity contribution < 1.29 is 24.1 Å². The van der Waals surface area contributed by atoms with Crippen LogP contribution >= 0.6 is 0 Å². The second kappa shape index (κ2) is 4.29. The highest BCUT2D eigenvalue weighted by atomic mass is 16.8. The lowest BCUT2D eigenvalue weighted by Crippen LogP contribution is -2.50. The third-order valence-corrected chi connectivity index (χ3v) is 2.80.